The van der Waals surface area contributed by atoms with Gasteiger partial charge in [-0.25, -0.2) is 0 Å². The van der Waals surface area contributed by atoms with Crippen molar-refractivity contribution in [3.8, 4) is 0 Å². The number of likely N-dealkylation sites (N-methyl/N-ethyl adjacent to an activating group) is 2. The maximum Gasteiger partial charge on any atom is 0.156 e. The van der Waals surface area contributed by atoms with Gasteiger partial charge in [0.2, 0.25) is 0 Å². The van der Waals surface area contributed by atoms with E-state index in [-0.39, 0.29) is 0 Å². The number of nitrogens with zero attached hydrogens (tertiary/aromatic N) is 4. The summed E-state index contributed by atoms with van der Waals surface area (Å²) in [5.74, 6) is 0.879. The molecule has 2 heterocycles. The average molecular weight is 271 g/mol. The fraction of sp³-hybridized carbons (Fsp3) is 0.467. The molecule has 0 saturated carbocycles. The first kappa shape index (κ1) is 13.3. The number of hydrogen-bond donors (Lipinski definition) is 1. The van der Waals surface area contributed by atoms with E-state index in [1.807, 2.05) is 12.1 Å². The van der Waals surface area contributed by atoms with E-state index in [2.05, 4.69) is 51.5 Å². The summed E-state index contributed by atoms with van der Waals surface area (Å²) >= 11 is 0. The molecule has 5 nitrogen and oxygen atoms in total. The Morgan fingerprint density at radius 1 is 1.25 bits per heavy atom. The number of benzene rings is 1. The van der Waals surface area contributed by atoms with Gasteiger partial charge in [-0.15, -0.1) is 5.10 Å². The molecule has 1 atom stereocenters. The quantitative estimate of drug-likeness (QED) is 0.911. The molecular formula is C15H21N5. The van der Waals surface area contributed by atoms with Gasteiger partial charge in [0.15, 0.2) is 5.82 Å². The van der Waals surface area contributed by atoms with E-state index in [1.165, 1.54) is 0 Å². The highest BCUT2D eigenvalue weighted by Crippen LogP contribution is 2.19. The van der Waals surface area contributed by atoms with Gasteiger partial charge in [-0.1, -0.05) is 24.3 Å². The van der Waals surface area contributed by atoms with Crippen LogP contribution in [0.25, 0.3) is 10.8 Å². The topological polar surface area (TPSA) is 44.3 Å². The predicted molar refractivity (Wildman–Crippen MR) is 81.9 cm³/mol. The van der Waals surface area contributed by atoms with Gasteiger partial charge in [0.1, 0.15) is 0 Å². The van der Waals surface area contributed by atoms with Crippen LogP contribution in [0, 0.1) is 0 Å². The van der Waals surface area contributed by atoms with E-state index in [1.54, 1.807) is 6.20 Å². The second-order valence-corrected chi connectivity index (χ2v) is 5.56. The van der Waals surface area contributed by atoms with Crippen molar-refractivity contribution < 1.29 is 0 Å². The van der Waals surface area contributed by atoms with E-state index < -0.39 is 0 Å². The number of rotatable bonds is 3. The molecule has 0 spiro atoms. The van der Waals surface area contributed by atoms with E-state index in [0.29, 0.717) is 6.04 Å². The van der Waals surface area contributed by atoms with Gasteiger partial charge in [0.25, 0.3) is 0 Å². The van der Waals surface area contributed by atoms with Crippen LogP contribution in [0.3, 0.4) is 0 Å². The Bertz CT molecular complexity index is 580. The standard InChI is InChI=1S/C15H21N5/c1-19-7-8-20(2)13(11-19)10-16-15-14-6-4-3-5-12(14)9-17-18-15/h3-6,9,13H,7-8,10-11H2,1-2H3,(H,16,18). The summed E-state index contributed by atoms with van der Waals surface area (Å²) in [7, 11) is 4.37. The van der Waals surface area contributed by atoms with Crippen molar-refractivity contribution in [2.24, 2.45) is 0 Å². The van der Waals surface area contributed by atoms with Gasteiger partial charge < -0.3 is 10.2 Å². The second-order valence-electron chi connectivity index (χ2n) is 5.56. The van der Waals surface area contributed by atoms with E-state index in [9.17, 15) is 0 Å². The molecule has 1 aliphatic rings. The molecule has 0 amide bonds. The molecule has 0 radical (unpaired) electrons. The molecule has 1 aliphatic heterocycles. The molecule has 2 aromatic rings. The lowest BCUT2D eigenvalue weighted by atomic mass is 10.1. The van der Waals surface area contributed by atoms with Gasteiger partial charge in [0.05, 0.1) is 6.20 Å². The van der Waals surface area contributed by atoms with Gasteiger partial charge in [-0.05, 0) is 14.1 Å². The van der Waals surface area contributed by atoms with Crippen molar-refractivity contribution in [3.05, 3.63) is 30.5 Å². The summed E-state index contributed by atoms with van der Waals surface area (Å²) < 4.78 is 0. The van der Waals surface area contributed by atoms with Crippen LogP contribution in [-0.2, 0) is 0 Å². The molecule has 3 rings (SSSR count). The van der Waals surface area contributed by atoms with E-state index >= 15 is 0 Å². The van der Waals surface area contributed by atoms with Gasteiger partial charge in [-0.3, -0.25) is 4.90 Å². The van der Waals surface area contributed by atoms with Crippen molar-refractivity contribution in [2.75, 3.05) is 45.6 Å². The molecule has 0 bridgehead atoms. The third-order valence-electron chi connectivity index (χ3n) is 4.06. The van der Waals surface area contributed by atoms with Crippen LogP contribution in [0.2, 0.25) is 0 Å². The van der Waals surface area contributed by atoms with Crippen LogP contribution in [0.5, 0.6) is 0 Å². The Morgan fingerprint density at radius 2 is 2.10 bits per heavy atom. The monoisotopic (exact) mass is 271 g/mol. The predicted octanol–water partition coefficient (Wildman–Crippen LogP) is 1.29. The number of piperazine rings is 1. The number of anilines is 1. The average Bonchev–Trinajstić information content (AvgIpc) is 2.48. The Hall–Kier alpha value is -1.72. The van der Waals surface area contributed by atoms with Crippen molar-refractivity contribution in [1.82, 2.24) is 20.0 Å². The normalized spacial score (nSPS) is 21.2. The van der Waals surface area contributed by atoms with Crippen LogP contribution >= 0.6 is 0 Å². The molecule has 20 heavy (non-hydrogen) atoms. The Morgan fingerprint density at radius 3 is 3.00 bits per heavy atom. The molecule has 1 N–H and O–H groups in total. The molecule has 5 heteroatoms. The second kappa shape index (κ2) is 5.73. The lowest BCUT2D eigenvalue weighted by molar-refractivity contribution is 0.122. The first-order chi connectivity index (χ1) is 9.74. The molecule has 1 aromatic heterocycles. The molecule has 0 aliphatic carbocycles. The van der Waals surface area contributed by atoms with E-state index in [0.717, 1.165) is 42.8 Å². The van der Waals surface area contributed by atoms with E-state index in [4.69, 9.17) is 0 Å². The smallest absolute Gasteiger partial charge is 0.156 e. The number of fused-ring (bicyclic) bond motifs is 1. The van der Waals surface area contributed by atoms with Crippen LogP contribution in [0.4, 0.5) is 5.82 Å². The maximum atomic E-state index is 4.24. The summed E-state index contributed by atoms with van der Waals surface area (Å²) in [6.45, 7) is 4.23. The minimum Gasteiger partial charge on any atom is -0.366 e. The summed E-state index contributed by atoms with van der Waals surface area (Å²) in [6.07, 6.45) is 1.81. The molecular weight excluding hydrogens is 250 g/mol. The Labute approximate surface area is 119 Å². The fourth-order valence-corrected chi connectivity index (χ4v) is 2.69. The van der Waals surface area contributed by atoms with Crippen molar-refractivity contribution >= 4 is 16.6 Å². The number of nitrogens with one attached hydrogen (secondary N) is 1. The lowest BCUT2D eigenvalue weighted by Crippen LogP contribution is -2.52. The van der Waals surface area contributed by atoms with Crippen molar-refractivity contribution in [3.63, 3.8) is 0 Å². The third-order valence-corrected chi connectivity index (χ3v) is 4.06. The minimum absolute atomic E-state index is 0.509. The maximum absolute atomic E-state index is 4.24. The lowest BCUT2D eigenvalue weighted by Gasteiger charge is -2.37. The van der Waals surface area contributed by atoms with Crippen LogP contribution in [-0.4, -0.2) is 66.3 Å². The Kier molecular flexibility index (Phi) is 3.80. The molecule has 1 fully saturated rings. The van der Waals surface area contributed by atoms with Crippen molar-refractivity contribution in [1.29, 1.82) is 0 Å². The van der Waals surface area contributed by atoms with Crippen molar-refractivity contribution in [2.45, 2.75) is 6.04 Å². The highest BCUT2D eigenvalue weighted by molar-refractivity contribution is 5.90. The zero-order chi connectivity index (χ0) is 13.9. The summed E-state index contributed by atoms with van der Waals surface area (Å²) in [5.41, 5.74) is 0. The van der Waals surface area contributed by atoms with Crippen LogP contribution < -0.4 is 5.32 Å². The third kappa shape index (κ3) is 2.73. The molecule has 1 unspecified atom stereocenters. The Balaban J connectivity index is 1.73. The zero-order valence-corrected chi connectivity index (χ0v) is 12.1. The fourth-order valence-electron chi connectivity index (χ4n) is 2.69. The molecule has 1 aromatic carbocycles. The summed E-state index contributed by atoms with van der Waals surface area (Å²) in [5, 5.41) is 14.0. The minimum atomic E-state index is 0.509. The zero-order valence-electron chi connectivity index (χ0n) is 12.1. The van der Waals surface area contributed by atoms with Gasteiger partial charge in [-0.2, -0.15) is 5.10 Å². The highest BCUT2D eigenvalue weighted by Gasteiger charge is 2.22. The largest absolute Gasteiger partial charge is 0.366 e. The number of aromatic nitrogens is 2. The van der Waals surface area contributed by atoms with Crippen LogP contribution in [0.1, 0.15) is 0 Å². The highest BCUT2D eigenvalue weighted by atomic mass is 15.3. The first-order valence-corrected chi connectivity index (χ1v) is 7.07. The van der Waals surface area contributed by atoms with Gasteiger partial charge in [0, 0.05) is 43.0 Å². The SMILES string of the molecule is CN1CCN(C)C(CNc2nncc3ccccc23)C1. The number of hydrogen-bond acceptors (Lipinski definition) is 5. The first-order valence-electron chi connectivity index (χ1n) is 7.07. The molecule has 1 saturated heterocycles. The molecule has 106 valence electrons. The van der Waals surface area contributed by atoms with Gasteiger partial charge >= 0.3 is 0 Å². The van der Waals surface area contributed by atoms with Crippen LogP contribution in [0.15, 0.2) is 30.5 Å². The summed E-state index contributed by atoms with van der Waals surface area (Å²) in [6, 6.07) is 8.72. The summed E-state index contributed by atoms with van der Waals surface area (Å²) in [4.78, 5) is 4.78.